The Hall–Kier alpha value is -3.90. The maximum absolute atomic E-state index is 14.3. The molecule has 1 saturated carbocycles. The van der Waals surface area contributed by atoms with E-state index in [0.29, 0.717) is 31.4 Å². The van der Waals surface area contributed by atoms with Gasteiger partial charge in [0.15, 0.2) is 23.6 Å². The Labute approximate surface area is 255 Å². The third-order valence-corrected chi connectivity index (χ3v) is 8.19. The molecule has 3 heterocycles. The molecule has 244 valence electrons. The largest absolute Gasteiger partial charge is 0.481 e. The Kier molecular flexibility index (Phi) is 9.83. The first-order chi connectivity index (χ1) is 21.6. The number of hydrogen-bond acceptors (Lipinski definition) is 12. The second-order valence-electron chi connectivity index (χ2n) is 10.8. The van der Waals surface area contributed by atoms with Crippen molar-refractivity contribution in [3.8, 4) is 23.0 Å². The van der Waals surface area contributed by atoms with Crippen molar-refractivity contribution in [2.24, 2.45) is 0 Å². The highest BCUT2D eigenvalue weighted by atomic mass is 19.2. The van der Waals surface area contributed by atoms with Crippen molar-refractivity contribution in [3.05, 3.63) is 47.7 Å². The number of aliphatic hydroxyl groups excluding tert-OH is 4. The molecule has 2 fully saturated rings. The fourth-order valence-electron chi connectivity index (χ4n) is 5.89. The van der Waals surface area contributed by atoms with Crippen LogP contribution in [0.5, 0.6) is 11.8 Å². The minimum Gasteiger partial charge on any atom is -0.481 e. The highest BCUT2D eigenvalue weighted by Gasteiger charge is 2.51. The molecule has 2 aliphatic rings. The van der Waals surface area contributed by atoms with Crippen LogP contribution in [0.4, 0.5) is 13.2 Å². The van der Waals surface area contributed by atoms with Crippen molar-refractivity contribution in [3.63, 3.8) is 0 Å². The zero-order valence-electron chi connectivity index (χ0n) is 24.3. The number of aromatic nitrogens is 5. The first-order valence-electron chi connectivity index (χ1n) is 14.2. The van der Waals surface area contributed by atoms with Gasteiger partial charge in [0.1, 0.15) is 36.4 Å². The number of ether oxygens (including phenoxy) is 3. The van der Waals surface area contributed by atoms with E-state index in [1.54, 1.807) is 0 Å². The molecule has 7 atom stereocenters. The molecule has 2 aromatic heterocycles. The summed E-state index contributed by atoms with van der Waals surface area (Å²) >= 11 is 0. The number of carbonyl (C=O) groups excluding carboxylic acids is 1. The average molecular weight is 639 g/mol. The van der Waals surface area contributed by atoms with Crippen LogP contribution in [-0.2, 0) is 16.1 Å². The van der Waals surface area contributed by atoms with Gasteiger partial charge in [-0.15, -0.1) is 5.10 Å². The Morgan fingerprint density at radius 1 is 1.04 bits per heavy atom. The Bertz CT molecular complexity index is 1470. The van der Waals surface area contributed by atoms with Crippen molar-refractivity contribution < 1.29 is 52.6 Å². The Balaban J connectivity index is 1.51. The van der Waals surface area contributed by atoms with Crippen molar-refractivity contribution >= 4 is 5.91 Å². The Morgan fingerprint density at radius 2 is 1.69 bits per heavy atom. The number of methoxy groups -OCH3 is 2. The SMILES string of the molecule is COc1ncnc(OC)c1CN(C(=O)C1OC(CO)C(O)C(n2cc(-c3cc(F)c(F)c(F)c3)nn2)C1O)[C@H]1CCCC[C@@H]1O. The van der Waals surface area contributed by atoms with Gasteiger partial charge in [-0.2, -0.15) is 0 Å². The number of nitrogens with zero attached hydrogens (tertiary/aromatic N) is 6. The van der Waals surface area contributed by atoms with Crippen molar-refractivity contribution in [1.29, 1.82) is 0 Å². The maximum atomic E-state index is 14.3. The molecule has 1 aliphatic carbocycles. The van der Waals surface area contributed by atoms with E-state index in [9.17, 15) is 38.4 Å². The monoisotopic (exact) mass is 638 g/mol. The number of rotatable bonds is 9. The minimum atomic E-state index is -1.80. The summed E-state index contributed by atoms with van der Waals surface area (Å²) in [7, 11) is 2.75. The van der Waals surface area contributed by atoms with Crippen molar-refractivity contribution in [2.75, 3.05) is 20.8 Å². The number of benzene rings is 1. The molecule has 5 unspecified atom stereocenters. The quantitative estimate of drug-likeness (QED) is 0.239. The third-order valence-electron chi connectivity index (χ3n) is 8.19. The molecule has 1 aromatic carbocycles. The summed E-state index contributed by atoms with van der Waals surface area (Å²) in [6, 6.07) is -0.759. The van der Waals surface area contributed by atoms with Crippen LogP contribution in [-0.4, -0.2) is 114 Å². The molecule has 1 aliphatic heterocycles. The first-order valence-corrected chi connectivity index (χ1v) is 14.2. The number of aliphatic hydroxyl groups is 4. The van der Waals surface area contributed by atoms with Gasteiger partial charge in [0.25, 0.3) is 5.91 Å². The molecule has 17 heteroatoms. The molecule has 45 heavy (non-hydrogen) atoms. The molecular weight excluding hydrogens is 605 g/mol. The predicted octanol–water partition coefficient (Wildman–Crippen LogP) is 0.524. The molecule has 1 saturated heterocycles. The van der Waals surface area contributed by atoms with Crippen LogP contribution in [0.2, 0.25) is 0 Å². The molecule has 3 aromatic rings. The fourth-order valence-corrected chi connectivity index (χ4v) is 5.89. The van der Waals surface area contributed by atoms with Crippen molar-refractivity contribution in [2.45, 2.75) is 74.8 Å². The minimum absolute atomic E-state index is 0.111. The topological polar surface area (TPSA) is 185 Å². The molecular formula is C28H33F3N6O8. The standard InChI is InChI=1S/C28H33F3N6O8/c1-43-26-14(27(44-2)33-12-32-26)9-36(18-5-3-4-6-19(18)39)28(42)25-24(41)22(23(40)20(11-38)45-25)37-10-17(34-35-37)13-7-15(29)21(31)16(30)8-13/h7-8,10,12,18-20,22-25,38-41H,3-6,9,11H2,1-2H3/t18-,19-,20?,22?,23?,24?,25?/m0/s1. The summed E-state index contributed by atoms with van der Waals surface area (Å²) in [5.41, 5.74) is -0.0169. The molecule has 14 nitrogen and oxygen atoms in total. The van der Waals surface area contributed by atoms with Gasteiger partial charge >= 0.3 is 0 Å². The summed E-state index contributed by atoms with van der Waals surface area (Å²) < 4.78 is 58.7. The summed E-state index contributed by atoms with van der Waals surface area (Å²) in [6.07, 6.45) is -2.80. The van der Waals surface area contributed by atoms with Crippen LogP contribution in [0.15, 0.2) is 24.7 Å². The number of amides is 1. The van der Waals surface area contributed by atoms with Gasteiger partial charge in [-0.05, 0) is 25.0 Å². The van der Waals surface area contributed by atoms with E-state index < -0.39 is 72.6 Å². The molecule has 1 amide bonds. The van der Waals surface area contributed by atoms with E-state index in [2.05, 4.69) is 20.3 Å². The summed E-state index contributed by atoms with van der Waals surface area (Å²) in [5.74, 6) is -5.16. The third kappa shape index (κ3) is 6.30. The smallest absolute Gasteiger partial charge is 0.255 e. The second-order valence-corrected chi connectivity index (χ2v) is 10.8. The number of carbonyl (C=O) groups is 1. The Morgan fingerprint density at radius 3 is 2.29 bits per heavy atom. The summed E-state index contributed by atoms with van der Waals surface area (Å²) in [5, 5.41) is 51.3. The maximum Gasteiger partial charge on any atom is 0.255 e. The zero-order chi connectivity index (χ0) is 32.4. The van der Waals surface area contributed by atoms with Gasteiger partial charge in [0.05, 0.1) is 51.3 Å². The van der Waals surface area contributed by atoms with Gasteiger partial charge < -0.3 is 39.5 Å². The van der Waals surface area contributed by atoms with Crippen molar-refractivity contribution in [1.82, 2.24) is 29.9 Å². The summed E-state index contributed by atoms with van der Waals surface area (Å²) in [4.78, 5) is 23.8. The van der Waals surface area contributed by atoms with Crippen LogP contribution >= 0.6 is 0 Å². The van der Waals surface area contributed by atoms with Crippen LogP contribution in [0.25, 0.3) is 11.3 Å². The van der Waals surface area contributed by atoms with Gasteiger partial charge in [0.2, 0.25) is 11.8 Å². The second kappa shape index (κ2) is 13.6. The average Bonchev–Trinajstić information content (AvgIpc) is 3.52. The number of halogens is 3. The van der Waals surface area contributed by atoms with E-state index in [1.165, 1.54) is 25.4 Å². The lowest BCUT2D eigenvalue weighted by Gasteiger charge is -2.45. The van der Waals surface area contributed by atoms with Crippen LogP contribution in [0.1, 0.15) is 37.3 Å². The molecule has 0 radical (unpaired) electrons. The molecule has 5 rings (SSSR count). The number of hydrogen-bond donors (Lipinski definition) is 4. The highest BCUT2D eigenvalue weighted by Crippen LogP contribution is 2.35. The lowest BCUT2D eigenvalue weighted by molar-refractivity contribution is -0.214. The predicted molar refractivity (Wildman–Crippen MR) is 146 cm³/mol. The molecule has 0 spiro atoms. The summed E-state index contributed by atoms with van der Waals surface area (Å²) in [6.45, 7) is -0.975. The molecule has 4 N–H and O–H groups in total. The molecule has 0 bridgehead atoms. The van der Waals surface area contributed by atoms with E-state index in [1.807, 2.05) is 0 Å². The van der Waals surface area contributed by atoms with E-state index in [-0.39, 0.29) is 35.1 Å². The van der Waals surface area contributed by atoms with Crippen LogP contribution in [0.3, 0.4) is 0 Å². The van der Waals surface area contributed by atoms with Gasteiger partial charge in [-0.1, -0.05) is 18.1 Å². The van der Waals surface area contributed by atoms with Crippen LogP contribution in [0, 0.1) is 17.5 Å². The van der Waals surface area contributed by atoms with E-state index >= 15 is 0 Å². The van der Waals surface area contributed by atoms with Gasteiger partial charge in [0, 0.05) is 5.56 Å². The van der Waals surface area contributed by atoms with E-state index in [4.69, 9.17) is 14.2 Å². The van der Waals surface area contributed by atoms with Gasteiger partial charge in [-0.25, -0.2) is 27.8 Å². The lowest BCUT2D eigenvalue weighted by Crippen LogP contribution is -2.62. The highest BCUT2D eigenvalue weighted by molar-refractivity contribution is 5.82. The van der Waals surface area contributed by atoms with Gasteiger partial charge in [-0.3, -0.25) is 4.79 Å². The fraction of sp³-hybridized carbons (Fsp3) is 0.536. The van der Waals surface area contributed by atoms with Crippen LogP contribution < -0.4 is 9.47 Å². The van der Waals surface area contributed by atoms with E-state index in [0.717, 1.165) is 17.3 Å². The zero-order valence-corrected chi connectivity index (χ0v) is 24.3. The first kappa shape index (κ1) is 32.5. The lowest BCUT2D eigenvalue weighted by atomic mass is 9.88. The normalized spacial score (nSPS) is 26.8.